The van der Waals surface area contributed by atoms with E-state index in [1.165, 1.54) is 25.3 Å². The quantitative estimate of drug-likeness (QED) is 0.663. The van der Waals surface area contributed by atoms with Gasteiger partial charge < -0.3 is 10.1 Å². The van der Waals surface area contributed by atoms with Gasteiger partial charge in [-0.05, 0) is 29.7 Å². The molecule has 5 heteroatoms. The van der Waals surface area contributed by atoms with E-state index in [-0.39, 0.29) is 11.7 Å². The molecule has 0 aromatic heterocycles. The average molecular weight is 279 g/mol. The highest BCUT2D eigenvalue weighted by Crippen LogP contribution is 2.06. The molecule has 1 N–H and O–H groups in total. The molecule has 0 saturated heterocycles. The highest BCUT2D eigenvalue weighted by molar-refractivity contribution is 5.94. The summed E-state index contributed by atoms with van der Waals surface area (Å²) in [6.07, 6.45) is 2.84. The molecule has 20 heavy (non-hydrogen) atoms. The molecule has 0 saturated carbocycles. The summed E-state index contributed by atoms with van der Waals surface area (Å²) in [6.45, 7) is 3.62. The maximum atomic E-state index is 12.7. The number of hydrogen-bond acceptors (Lipinski definition) is 3. The predicted molar refractivity (Wildman–Crippen MR) is 74.2 cm³/mol. The predicted octanol–water partition coefficient (Wildman–Crippen LogP) is 2.15. The monoisotopic (exact) mass is 279 g/mol. The molecule has 0 aliphatic heterocycles. The molecule has 1 rings (SSSR count). The number of esters is 1. The molecule has 1 atom stereocenters. The van der Waals surface area contributed by atoms with Crippen molar-refractivity contribution in [3.05, 3.63) is 41.7 Å². The largest absolute Gasteiger partial charge is 0.467 e. The van der Waals surface area contributed by atoms with E-state index in [2.05, 4.69) is 10.1 Å². The maximum Gasteiger partial charge on any atom is 0.328 e. The summed E-state index contributed by atoms with van der Waals surface area (Å²) in [6, 6.07) is 5.04. The van der Waals surface area contributed by atoms with Gasteiger partial charge in [0.25, 0.3) is 0 Å². The third-order valence-corrected chi connectivity index (χ3v) is 2.72. The number of rotatable bonds is 5. The highest BCUT2D eigenvalue weighted by Gasteiger charge is 2.23. The van der Waals surface area contributed by atoms with Gasteiger partial charge in [-0.25, -0.2) is 9.18 Å². The third-order valence-electron chi connectivity index (χ3n) is 2.72. The van der Waals surface area contributed by atoms with E-state index < -0.39 is 17.9 Å². The topological polar surface area (TPSA) is 55.4 Å². The molecule has 0 spiro atoms. The van der Waals surface area contributed by atoms with Gasteiger partial charge in [0, 0.05) is 6.08 Å². The summed E-state index contributed by atoms with van der Waals surface area (Å²) in [4.78, 5) is 23.2. The van der Waals surface area contributed by atoms with E-state index in [4.69, 9.17) is 0 Å². The van der Waals surface area contributed by atoms with Gasteiger partial charge in [0.05, 0.1) is 7.11 Å². The van der Waals surface area contributed by atoms with Crippen molar-refractivity contribution >= 4 is 18.0 Å². The molecule has 1 amide bonds. The number of carbonyl (C=O) groups is 2. The number of nitrogens with one attached hydrogen (secondary N) is 1. The van der Waals surface area contributed by atoms with Crippen LogP contribution in [0.3, 0.4) is 0 Å². The van der Waals surface area contributed by atoms with Crippen molar-refractivity contribution in [1.29, 1.82) is 0 Å². The summed E-state index contributed by atoms with van der Waals surface area (Å²) >= 11 is 0. The lowest BCUT2D eigenvalue weighted by Crippen LogP contribution is -2.44. The second-order valence-corrected chi connectivity index (χ2v) is 4.64. The summed E-state index contributed by atoms with van der Waals surface area (Å²) < 4.78 is 17.4. The van der Waals surface area contributed by atoms with Crippen LogP contribution in [-0.4, -0.2) is 25.0 Å². The molecular formula is C15H18FNO3. The molecule has 108 valence electrons. The van der Waals surface area contributed by atoms with Crippen LogP contribution < -0.4 is 5.32 Å². The van der Waals surface area contributed by atoms with Crippen molar-refractivity contribution in [1.82, 2.24) is 5.32 Å². The molecule has 0 bridgehead atoms. The molecule has 0 radical (unpaired) electrons. The number of ether oxygens (including phenoxy) is 1. The number of benzene rings is 1. The van der Waals surface area contributed by atoms with E-state index in [0.717, 1.165) is 0 Å². The molecule has 4 nitrogen and oxygen atoms in total. The molecule has 1 aromatic rings. The Kier molecular flexibility index (Phi) is 5.90. The van der Waals surface area contributed by atoms with Gasteiger partial charge >= 0.3 is 5.97 Å². The Morgan fingerprint density at radius 1 is 1.25 bits per heavy atom. The average Bonchev–Trinajstić information content (AvgIpc) is 2.43. The Hall–Kier alpha value is -2.17. The Labute approximate surface area is 117 Å². The second-order valence-electron chi connectivity index (χ2n) is 4.64. The van der Waals surface area contributed by atoms with Crippen LogP contribution in [0.5, 0.6) is 0 Å². The van der Waals surface area contributed by atoms with Crippen LogP contribution in [-0.2, 0) is 14.3 Å². The van der Waals surface area contributed by atoms with Crippen molar-refractivity contribution in [3.63, 3.8) is 0 Å². The molecular weight excluding hydrogens is 261 g/mol. The van der Waals surface area contributed by atoms with Crippen molar-refractivity contribution < 1.29 is 18.7 Å². The van der Waals surface area contributed by atoms with Gasteiger partial charge in [0.1, 0.15) is 11.9 Å². The Bertz CT molecular complexity index is 494. The van der Waals surface area contributed by atoms with Crippen molar-refractivity contribution in [3.8, 4) is 0 Å². The lowest BCUT2D eigenvalue weighted by Gasteiger charge is -2.18. The lowest BCUT2D eigenvalue weighted by molar-refractivity contribution is -0.145. The first-order chi connectivity index (χ1) is 9.43. The maximum absolute atomic E-state index is 12.7. The third kappa shape index (κ3) is 4.84. The Balaban J connectivity index is 2.66. The summed E-state index contributed by atoms with van der Waals surface area (Å²) in [5.74, 6) is -1.30. The van der Waals surface area contributed by atoms with E-state index >= 15 is 0 Å². The number of amides is 1. The zero-order valence-electron chi connectivity index (χ0n) is 11.7. The first-order valence-corrected chi connectivity index (χ1v) is 6.26. The van der Waals surface area contributed by atoms with Gasteiger partial charge in [0.2, 0.25) is 5.91 Å². The van der Waals surface area contributed by atoms with Crippen molar-refractivity contribution in [2.75, 3.05) is 7.11 Å². The Morgan fingerprint density at radius 2 is 1.85 bits per heavy atom. The molecule has 0 fully saturated rings. The molecule has 0 aliphatic rings. The van der Waals surface area contributed by atoms with Crippen LogP contribution >= 0.6 is 0 Å². The van der Waals surface area contributed by atoms with Gasteiger partial charge in [0.15, 0.2) is 0 Å². The molecule has 1 aromatic carbocycles. The standard InChI is InChI=1S/C15H18FNO3/c1-10(2)14(15(19)20-3)17-13(18)9-6-11-4-7-12(16)8-5-11/h4-10,14H,1-3H3,(H,17,18). The van der Waals surface area contributed by atoms with Gasteiger partial charge in [-0.1, -0.05) is 26.0 Å². The fourth-order valence-electron chi connectivity index (χ4n) is 1.57. The van der Waals surface area contributed by atoms with Crippen molar-refractivity contribution in [2.45, 2.75) is 19.9 Å². The number of methoxy groups -OCH3 is 1. The number of hydrogen-bond donors (Lipinski definition) is 1. The van der Waals surface area contributed by atoms with E-state index in [1.54, 1.807) is 18.2 Å². The summed E-state index contributed by atoms with van der Waals surface area (Å²) in [5, 5.41) is 2.57. The zero-order valence-corrected chi connectivity index (χ0v) is 11.7. The first kappa shape index (κ1) is 15.9. The number of halogens is 1. The van der Waals surface area contributed by atoms with Gasteiger partial charge in [-0.3, -0.25) is 4.79 Å². The van der Waals surface area contributed by atoms with Crippen LogP contribution in [0.2, 0.25) is 0 Å². The van der Waals surface area contributed by atoms with Crippen LogP contribution in [0, 0.1) is 11.7 Å². The van der Waals surface area contributed by atoms with E-state index in [1.807, 2.05) is 13.8 Å². The number of carbonyl (C=O) groups excluding carboxylic acids is 2. The minimum absolute atomic E-state index is 0.0781. The summed E-state index contributed by atoms with van der Waals surface area (Å²) in [7, 11) is 1.28. The minimum Gasteiger partial charge on any atom is -0.467 e. The van der Waals surface area contributed by atoms with E-state index in [0.29, 0.717) is 5.56 Å². The van der Waals surface area contributed by atoms with Crippen LogP contribution in [0.4, 0.5) is 4.39 Å². The van der Waals surface area contributed by atoms with Crippen molar-refractivity contribution in [2.24, 2.45) is 5.92 Å². The normalized spacial score (nSPS) is 12.4. The van der Waals surface area contributed by atoms with E-state index in [9.17, 15) is 14.0 Å². The first-order valence-electron chi connectivity index (χ1n) is 6.26. The molecule has 1 unspecified atom stereocenters. The van der Waals surface area contributed by atoms with Crippen LogP contribution in [0.1, 0.15) is 19.4 Å². The highest BCUT2D eigenvalue weighted by atomic mass is 19.1. The minimum atomic E-state index is -0.689. The smallest absolute Gasteiger partial charge is 0.328 e. The van der Waals surface area contributed by atoms with Gasteiger partial charge in [-0.2, -0.15) is 0 Å². The second kappa shape index (κ2) is 7.43. The molecule has 0 heterocycles. The van der Waals surface area contributed by atoms with Crippen LogP contribution in [0.15, 0.2) is 30.3 Å². The van der Waals surface area contributed by atoms with Gasteiger partial charge in [-0.15, -0.1) is 0 Å². The molecule has 0 aliphatic carbocycles. The Morgan fingerprint density at radius 3 is 2.35 bits per heavy atom. The lowest BCUT2D eigenvalue weighted by atomic mass is 10.0. The fraction of sp³-hybridized carbons (Fsp3) is 0.333. The zero-order chi connectivity index (χ0) is 15.1. The SMILES string of the molecule is COC(=O)C(NC(=O)C=Cc1ccc(F)cc1)C(C)C. The summed E-state index contributed by atoms with van der Waals surface area (Å²) in [5.41, 5.74) is 0.695. The fourth-order valence-corrected chi connectivity index (χ4v) is 1.57. The van der Waals surface area contributed by atoms with Crippen LogP contribution in [0.25, 0.3) is 6.08 Å².